The van der Waals surface area contributed by atoms with Gasteiger partial charge in [-0.2, -0.15) is 4.98 Å². The van der Waals surface area contributed by atoms with Crippen LogP contribution in [0.25, 0.3) is 11.4 Å². The first-order valence-electron chi connectivity index (χ1n) is 4.63. The van der Waals surface area contributed by atoms with Crippen LogP contribution in [0.4, 0.5) is 0 Å². The van der Waals surface area contributed by atoms with Gasteiger partial charge < -0.3 is 9.84 Å². The second-order valence-corrected chi connectivity index (χ2v) is 3.34. The fraction of sp³-hybridized carbons (Fsp3) is 0.200. The molecule has 0 aliphatic rings. The van der Waals surface area contributed by atoms with E-state index in [9.17, 15) is 0 Å². The molecule has 0 atom stereocenters. The summed E-state index contributed by atoms with van der Waals surface area (Å²) in [4.78, 5) is 3.98. The molecule has 0 spiro atoms. The van der Waals surface area contributed by atoms with Crippen LogP contribution in [0.15, 0.2) is 28.8 Å². The van der Waals surface area contributed by atoms with Gasteiger partial charge in [-0.25, -0.2) is 0 Å². The first-order chi connectivity index (χ1) is 7.81. The van der Waals surface area contributed by atoms with Crippen LogP contribution in [-0.4, -0.2) is 28.5 Å². The highest BCUT2D eigenvalue weighted by Gasteiger charge is 2.11. The van der Waals surface area contributed by atoms with Gasteiger partial charge in [-0.05, 0) is 12.1 Å². The third-order valence-electron chi connectivity index (χ3n) is 1.84. The third kappa shape index (κ3) is 2.32. The summed E-state index contributed by atoms with van der Waals surface area (Å²) >= 11 is 5.97. The zero-order valence-corrected chi connectivity index (χ0v) is 9.02. The average molecular weight is 241 g/mol. The van der Waals surface area contributed by atoms with Gasteiger partial charge in [-0.15, -0.1) is 0 Å². The van der Waals surface area contributed by atoms with Crippen molar-refractivity contribution in [2.24, 2.45) is 0 Å². The maximum absolute atomic E-state index is 8.56. The van der Waals surface area contributed by atoms with Gasteiger partial charge in [-0.3, -0.25) is 4.52 Å². The molecule has 0 fully saturated rings. The van der Waals surface area contributed by atoms with Gasteiger partial charge in [0.25, 0.3) is 0 Å². The first kappa shape index (κ1) is 10.9. The van der Waals surface area contributed by atoms with Crippen LogP contribution < -0.4 is 4.74 Å². The minimum atomic E-state index is -0.107. The van der Waals surface area contributed by atoms with E-state index in [-0.39, 0.29) is 19.3 Å². The van der Waals surface area contributed by atoms with Gasteiger partial charge in [0.15, 0.2) is 0 Å². The van der Waals surface area contributed by atoms with Gasteiger partial charge in [0.2, 0.25) is 5.82 Å². The summed E-state index contributed by atoms with van der Waals surface area (Å²) in [5.74, 6) is 0.360. The first-order valence-corrected chi connectivity index (χ1v) is 5.01. The van der Waals surface area contributed by atoms with Crippen molar-refractivity contribution in [2.45, 2.75) is 0 Å². The zero-order chi connectivity index (χ0) is 11.4. The average Bonchev–Trinajstić information content (AvgIpc) is 2.75. The summed E-state index contributed by atoms with van der Waals surface area (Å²) in [6, 6.07) is 7.16. The Morgan fingerprint density at radius 2 is 2.19 bits per heavy atom. The molecule has 5 nitrogen and oxygen atoms in total. The number of aromatic nitrogens is 2. The summed E-state index contributed by atoms with van der Waals surface area (Å²) < 4.78 is 9.79. The second-order valence-electron chi connectivity index (χ2n) is 2.94. The molecule has 0 unspecified atom stereocenters. The third-order valence-corrected chi connectivity index (χ3v) is 2.17. The van der Waals surface area contributed by atoms with Crippen molar-refractivity contribution in [3.63, 3.8) is 0 Å². The Balaban J connectivity index is 2.22. The minimum absolute atomic E-state index is 0.0176. The highest BCUT2D eigenvalue weighted by atomic mass is 35.5. The molecule has 84 valence electrons. The van der Waals surface area contributed by atoms with Crippen molar-refractivity contribution in [3.8, 4) is 17.5 Å². The fourth-order valence-corrected chi connectivity index (χ4v) is 1.37. The van der Waals surface area contributed by atoms with Crippen molar-refractivity contribution in [2.75, 3.05) is 13.2 Å². The SMILES string of the molecule is OCCOc1nc(-c2ccccc2Cl)no1. The lowest BCUT2D eigenvalue weighted by molar-refractivity contribution is 0.153. The lowest BCUT2D eigenvalue weighted by atomic mass is 10.2. The number of benzene rings is 1. The molecule has 1 aromatic carbocycles. The quantitative estimate of drug-likeness (QED) is 0.882. The summed E-state index contributed by atoms with van der Waals surface area (Å²) in [7, 11) is 0. The number of halogens is 1. The van der Waals surface area contributed by atoms with Crippen LogP contribution in [0.2, 0.25) is 5.02 Å². The van der Waals surface area contributed by atoms with E-state index in [1.165, 1.54) is 0 Å². The summed E-state index contributed by atoms with van der Waals surface area (Å²) in [5, 5.41) is 12.8. The smallest absolute Gasteiger partial charge is 0.417 e. The molecule has 2 aromatic rings. The highest BCUT2D eigenvalue weighted by molar-refractivity contribution is 6.33. The number of ether oxygens (including phenoxy) is 1. The van der Waals surface area contributed by atoms with Crippen LogP contribution in [0, 0.1) is 0 Å². The molecule has 0 radical (unpaired) electrons. The minimum Gasteiger partial charge on any atom is -0.446 e. The van der Waals surface area contributed by atoms with E-state index in [2.05, 4.69) is 10.1 Å². The van der Waals surface area contributed by atoms with Crippen molar-refractivity contribution in [1.29, 1.82) is 0 Å². The molecule has 16 heavy (non-hydrogen) atoms. The van der Waals surface area contributed by atoms with E-state index in [0.29, 0.717) is 16.4 Å². The van der Waals surface area contributed by atoms with E-state index < -0.39 is 0 Å². The van der Waals surface area contributed by atoms with Crippen molar-refractivity contribution in [3.05, 3.63) is 29.3 Å². The monoisotopic (exact) mass is 240 g/mol. The molecule has 1 heterocycles. The van der Waals surface area contributed by atoms with Crippen LogP contribution in [0.3, 0.4) is 0 Å². The van der Waals surface area contributed by atoms with Crippen LogP contribution in [0.1, 0.15) is 0 Å². The predicted molar refractivity (Wildman–Crippen MR) is 57.3 cm³/mol. The summed E-state index contributed by atoms with van der Waals surface area (Å²) in [6.45, 7) is 0.00790. The number of nitrogens with zero attached hydrogens (tertiary/aromatic N) is 2. The standard InChI is InChI=1S/C10H9ClN2O3/c11-8-4-2-1-3-7(8)9-12-10(16-13-9)15-6-5-14/h1-4,14H,5-6H2. The predicted octanol–water partition coefficient (Wildman–Crippen LogP) is 1.76. The van der Waals surface area contributed by atoms with E-state index in [0.717, 1.165) is 0 Å². The molecule has 0 amide bonds. The van der Waals surface area contributed by atoms with Gasteiger partial charge in [0.1, 0.15) is 6.61 Å². The van der Waals surface area contributed by atoms with Crippen LogP contribution in [0.5, 0.6) is 6.08 Å². The molecule has 0 saturated carbocycles. The summed E-state index contributed by atoms with van der Waals surface area (Å²) in [6.07, 6.45) is 0.0176. The molecule has 2 rings (SSSR count). The Labute approximate surface area is 96.6 Å². The molecule has 0 aliphatic heterocycles. The van der Waals surface area contributed by atoms with Crippen molar-refractivity contribution >= 4 is 11.6 Å². The normalized spacial score (nSPS) is 10.4. The highest BCUT2D eigenvalue weighted by Crippen LogP contribution is 2.26. The maximum Gasteiger partial charge on any atom is 0.417 e. The number of aliphatic hydroxyl groups excluding tert-OH is 1. The Bertz CT molecular complexity index is 473. The van der Waals surface area contributed by atoms with Gasteiger partial charge >= 0.3 is 6.08 Å². The van der Waals surface area contributed by atoms with Gasteiger partial charge in [0, 0.05) is 5.56 Å². The molecule has 0 saturated heterocycles. The van der Waals surface area contributed by atoms with E-state index in [1.54, 1.807) is 12.1 Å². The largest absolute Gasteiger partial charge is 0.446 e. The van der Waals surface area contributed by atoms with E-state index >= 15 is 0 Å². The summed E-state index contributed by atoms with van der Waals surface area (Å²) in [5.41, 5.74) is 0.673. The molecule has 1 aromatic heterocycles. The van der Waals surface area contributed by atoms with Gasteiger partial charge in [0.05, 0.1) is 11.6 Å². The van der Waals surface area contributed by atoms with Crippen LogP contribution in [-0.2, 0) is 0 Å². The molecule has 6 heteroatoms. The Morgan fingerprint density at radius 3 is 2.94 bits per heavy atom. The molecule has 0 bridgehead atoms. The Morgan fingerprint density at radius 1 is 1.38 bits per heavy atom. The topological polar surface area (TPSA) is 68.4 Å². The fourth-order valence-electron chi connectivity index (χ4n) is 1.15. The van der Waals surface area contributed by atoms with E-state index in [4.69, 9.17) is 26.0 Å². The molecule has 1 N–H and O–H groups in total. The van der Waals surface area contributed by atoms with Gasteiger partial charge in [-0.1, -0.05) is 28.9 Å². The maximum atomic E-state index is 8.56. The van der Waals surface area contributed by atoms with E-state index in [1.807, 2.05) is 12.1 Å². The lowest BCUT2D eigenvalue weighted by Crippen LogP contribution is -2.01. The molecular weight excluding hydrogens is 232 g/mol. The molecular formula is C10H9ClN2O3. The molecule has 0 aliphatic carbocycles. The lowest BCUT2D eigenvalue weighted by Gasteiger charge is -1.96. The number of aliphatic hydroxyl groups is 1. The Kier molecular flexibility index (Phi) is 3.38. The zero-order valence-electron chi connectivity index (χ0n) is 8.26. The second kappa shape index (κ2) is 4.96. The number of hydrogen-bond donors (Lipinski definition) is 1. The Hall–Kier alpha value is -1.59. The number of rotatable bonds is 4. The number of hydrogen-bond acceptors (Lipinski definition) is 5. The van der Waals surface area contributed by atoms with Crippen molar-refractivity contribution in [1.82, 2.24) is 10.1 Å². The van der Waals surface area contributed by atoms with Crippen molar-refractivity contribution < 1.29 is 14.4 Å². The van der Waals surface area contributed by atoms with Crippen LogP contribution >= 0.6 is 11.6 Å².